The average Bonchev–Trinajstić information content (AvgIpc) is 2.27. The molecule has 0 aromatic carbocycles. The molecule has 0 saturated carbocycles. The first-order valence-electron chi connectivity index (χ1n) is 5.52. The van der Waals surface area contributed by atoms with Crippen molar-refractivity contribution in [1.82, 2.24) is 5.32 Å². The molecule has 1 saturated heterocycles. The number of hydrogen-bond acceptors (Lipinski definition) is 5. The predicted molar refractivity (Wildman–Crippen MR) is 60.1 cm³/mol. The molecule has 6 heteroatoms. The lowest BCUT2D eigenvalue weighted by Gasteiger charge is -2.38. The van der Waals surface area contributed by atoms with E-state index in [0.29, 0.717) is 0 Å². The van der Waals surface area contributed by atoms with Gasteiger partial charge >= 0.3 is 0 Å². The van der Waals surface area contributed by atoms with Gasteiger partial charge in [0.1, 0.15) is 6.10 Å². The Kier molecular flexibility index (Phi) is 5.57. The number of aliphatic hydroxyl groups excluding tert-OH is 2. The molecular formula is C11H19NO5. The van der Waals surface area contributed by atoms with Crippen LogP contribution in [-0.4, -0.2) is 53.9 Å². The molecule has 0 radical (unpaired) electrons. The number of carbonyl (C=O) groups is 1. The van der Waals surface area contributed by atoms with Crippen molar-refractivity contribution < 1.29 is 24.5 Å². The van der Waals surface area contributed by atoms with Gasteiger partial charge in [0.2, 0.25) is 5.91 Å². The maximum Gasteiger partial charge on any atom is 0.217 e. The van der Waals surface area contributed by atoms with Crippen LogP contribution in [-0.2, 0) is 14.3 Å². The van der Waals surface area contributed by atoms with Gasteiger partial charge in [0.05, 0.1) is 25.4 Å². The lowest BCUT2D eigenvalue weighted by Crippen LogP contribution is -2.56. The van der Waals surface area contributed by atoms with Crippen LogP contribution in [0.15, 0.2) is 12.7 Å². The molecule has 0 aromatic rings. The second kappa shape index (κ2) is 6.70. The van der Waals surface area contributed by atoms with Gasteiger partial charge in [0.25, 0.3) is 0 Å². The third-order valence-corrected chi connectivity index (χ3v) is 2.51. The number of nitrogens with one attached hydrogen (secondary N) is 1. The number of aliphatic hydroxyl groups is 2. The number of carbonyl (C=O) groups excluding carboxylic acids is 1. The van der Waals surface area contributed by atoms with Gasteiger partial charge in [-0.1, -0.05) is 6.08 Å². The minimum absolute atomic E-state index is 0.222. The first kappa shape index (κ1) is 14.1. The molecule has 1 rings (SSSR count). The van der Waals surface area contributed by atoms with Gasteiger partial charge in [-0.25, -0.2) is 0 Å². The highest BCUT2D eigenvalue weighted by atomic mass is 16.7. The zero-order chi connectivity index (χ0) is 12.8. The van der Waals surface area contributed by atoms with E-state index in [9.17, 15) is 9.90 Å². The molecule has 0 spiro atoms. The summed E-state index contributed by atoms with van der Waals surface area (Å²) in [4.78, 5) is 11.0. The van der Waals surface area contributed by atoms with Crippen molar-refractivity contribution in [1.29, 1.82) is 0 Å². The average molecular weight is 245 g/mol. The molecule has 0 unspecified atom stereocenters. The first-order chi connectivity index (χ1) is 8.08. The van der Waals surface area contributed by atoms with Crippen molar-refractivity contribution in [2.45, 2.75) is 37.9 Å². The van der Waals surface area contributed by atoms with Crippen LogP contribution in [0.25, 0.3) is 0 Å². The van der Waals surface area contributed by atoms with E-state index >= 15 is 0 Å². The van der Waals surface area contributed by atoms with Crippen LogP contribution in [0.3, 0.4) is 0 Å². The molecule has 1 amide bonds. The molecule has 1 heterocycles. The Morgan fingerprint density at radius 2 is 2.41 bits per heavy atom. The van der Waals surface area contributed by atoms with E-state index in [4.69, 9.17) is 14.6 Å². The zero-order valence-corrected chi connectivity index (χ0v) is 9.83. The highest BCUT2D eigenvalue weighted by Gasteiger charge is 2.37. The molecule has 1 fully saturated rings. The molecular weight excluding hydrogens is 226 g/mol. The number of ether oxygens (including phenoxy) is 2. The molecule has 0 aliphatic carbocycles. The summed E-state index contributed by atoms with van der Waals surface area (Å²) < 4.78 is 10.7. The Morgan fingerprint density at radius 1 is 1.71 bits per heavy atom. The van der Waals surface area contributed by atoms with E-state index in [-0.39, 0.29) is 25.5 Å². The van der Waals surface area contributed by atoms with Gasteiger partial charge in [-0.3, -0.25) is 4.79 Å². The standard InChI is InChI=1S/C11H19NO5/c1-3-4-16-11-8(12-7(2)14)5-9(15)10(6-13)17-11/h3,8-11,13,15H,1,4-6H2,2H3,(H,12,14)/t8-,9-,10-,11-/m1/s1. The maximum absolute atomic E-state index is 11.0. The highest BCUT2D eigenvalue weighted by molar-refractivity contribution is 5.73. The lowest BCUT2D eigenvalue weighted by molar-refractivity contribution is -0.238. The summed E-state index contributed by atoms with van der Waals surface area (Å²) in [6.45, 7) is 4.89. The maximum atomic E-state index is 11.0. The quantitative estimate of drug-likeness (QED) is 0.550. The van der Waals surface area contributed by atoms with Crippen LogP contribution in [0.2, 0.25) is 0 Å². The molecule has 0 bridgehead atoms. The topological polar surface area (TPSA) is 88.0 Å². The van der Waals surface area contributed by atoms with E-state index in [0.717, 1.165) is 0 Å². The number of rotatable bonds is 5. The monoisotopic (exact) mass is 245 g/mol. The van der Waals surface area contributed by atoms with E-state index < -0.39 is 24.5 Å². The summed E-state index contributed by atoms with van der Waals surface area (Å²) in [5.74, 6) is -0.222. The van der Waals surface area contributed by atoms with Crippen molar-refractivity contribution in [2.75, 3.05) is 13.2 Å². The molecule has 17 heavy (non-hydrogen) atoms. The fraction of sp³-hybridized carbons (Fsp3) is 0.727. The first-order valence-corrected chi connectivity index (χ1v) is 5.52. The van der Waals surface area contributed by atoms with Crippen LogP contribution in [0.5, 0.6) is 0 Å². The third-order valence-electron chi connectivity index (χ3n) is 2.51. The Labute approximate surface area is 100 Å². The molecule has 98 valence electrons. The number of amides is 1. The van der Waals surface area contributed by atoms with Gasteiger partial charge in [-0.2, -0.15) is 0 Å². The molecule has 0 aromatic heterocycles. The van der Waals surface area contributed by atoms with Crippen molar-refractivity contribution in [2.24, 2.45) is 0 Å². The summed E-state index contributed by atoms with van der Waals surface area (Å²) in [5.41, 5.74) is 0. The Balaban J connectivity index is 2.63. The van der Waals surface area contributed by atoms with Gasteiger partial charge in [-0.15, -0.1) is 6.58 Å². The normalized spacial score (nSPS) is 33.1. The van der Waals surface area contributed by atoms with Crippen LogP contribution in [0.1, 0.15) is 13.3 Å². The van der Waals surface area contributed by atoms with Crippen molar-refractivity contribution in [3.8, 4) is 0 Å². The van der Waals surface area contributed by atoms with Gasteiger partial charge in [0.15, 0.2) is 6.29 Å². The summed E-state index contributed by atoms with van der Waals surface area (Å²) in [6, 6.07) is -0.426. The molecule has 1 aliphatic rings. The minimum atomic E-state index is -0.819. The van der Waals surface area contributed by atoms with E-state index in [1.54, 1.807) is 6.08 Å². The molecule has 1 aliphatic heterocycles. The fourth-order valence-corrected chi connectivity index (χ4v) is 1.75. The van der Waals surface area contributed by atoms with E-state index in [1.807, 2.05) is 0 Å². The zero-order valence-electron chi connectivity index (χ0n) is 9.83. The summed E-state index contributed by atoms with van der Waals surface area (Å²) in [7, 11) is 0. The lowest BCUT2D eigenvalue weighted by atomic mass is 10.0. The third kappa shape index (κ3) is 4.08. The summed E-state index contributed by atoms with van der Waals surface area (Å²) >= 11 is 0. The minimum Gasteiger partial charge on any atom is -0.394 e. The van der Waals surface area contributed by atoms with Crippen LogP contribution in [0.4, 0.5) is 0 Å². The molecule has 3 N–H and O–H groups in total. The second-order valence-corrected chi connectivity index (χ2v) is 3.96. The molecule has 4 atom stereocenters. The second-order valence-electron chi connectivity index (χ2n) is 3.96. The SMILES string of the molecule is C=CCO[C@@H]1O[C@H](CO)[C@H](O)C[C@H]1NC(C)=O. The highest BCUT2D eigenvalue weighted by Crippen LogP contribution is 2.21. The smallest absolute Gasteiger partial charge is 0.217 e. The Bertz CT molecular complexity index is 271. The Hall–Kier alpha value is -0.950. The Morgan fingerprint density at radius 3 is 2.94 bits per heavy atom. The van der Waals surface area contributed by atoms with Crippen LogP contribution in [0, 0.1) is 0 Å². The van der Waals surface area contributed by atoms with Gasteiger partial charge in [-0.05, 0) is 0 Å². The van der Waals surface area contributed by atoms with Crippen molar-refractivity contribution in [3.63, 3.8) is 0 Å². The van der Waals surface area contributed by atoms with Gasteiger partial charge in [0, 0.05) is 13.3 Å². The number of hydrogen-bond donors (Lipinski definition) is 3. The fourth-order valence-electron chi connectivity index (χ4n) is 1.75. The van der Waals surface area contributed by atoms with Crippen molar-refractivity contribution in [3.05, 3.63) is 12.7 Å². The summed E-state index contributed by atoms with van der Waals surface area (Å²) in [5, 5.41) is 21.4. The largest absolute Gasteiger partial charge is 0.394 e. The summed E-state index contributed by atoms with van der Waals surface area (Å²) in [6.07, 6.45) is -0.340. The van der Waals surface area contributed by atoms with Crippen molar-refractivity contribution >= 4 is 5.91 Å². The predicted octanol–water partition coefficient (Wildman–Crippen LogP) is -0.838. The molecule has 6 nitrogen and oxygen atoms in total. The van der Waals surface area contributed by atoms with Gasteiger partial charge < -0.3 is 25.0 Å². The van der Waals surface area contributed by atoms with Crippen LogP contribution >= 0.6 is 0 Å². The van der Waals surface area contributed by atoms with Crippen LogP contribution < -0.4 is 5.32 Å². The van der Waals surface area contributed by atoms with E-state index in [1.165, 1.54) is 6.92 Å². The van der Waals surface area contributed by atoms with E-state index in [2.05, 4.69) is 11.9 Å².